The Kier molecular flexibility index (Phi) is 3.12. The molecular weight excluding hydrogens is 160 g/mol. The molecule has 3 heteroatoms. The van der Waals surface area contributed by atoms with E-state index < -0.39 is 0 Å². The van der Waals surface area contributed by atoms with Gasteiger partial charge in [0.2, 0.25) is 0 Å². The standard InChI is InChI=1S/C8H12O2S/c1-6(9)2-3-7-4-5-11-8(7)10/h7H,2-5H2,1H3. The first kappa shape index (κ1) is 8.78. The predicted molar refractivity (Wildman–Crippen MR) is 45.5 cm³/mol. The van der Waals surface area contributed by atoms with Crippen molar-refractivity contribution in [3.05, 3.63) is 0 Å². The molecule has 0 saturated carbocycles. The van der Waals surface area contributed by atoms with Crippen molar-refractivity contribution in [2.45, 2.75) is 26.2 Å². The quantitative estimate of drug-likeness (QED) is 0.649. The Morgan fingerprint density at radius 3 is 2.91 bits per heavy atom. The zero-order chi connectivity index (χ0) is 8.27. The highest BCUT2D eigenvalue weighted by molar-refractivity contribution is 8.14. The number of rotatable bonds is 3. The van der Waals surface area contributed by atoms with Gasteiger partial charge in [-0.2, -0.15) is 0 Å². The number of ketones is 1. The highest BCUT2D eigenvalue weighted by atomic mass is 32.2. The molecule has 0 radical (unpaired) electrons. The number of thioether (sulfide) groups is 1. The first-order chi connectivity index (χ1) is 5.20. The average Bonchev–Trinajstić information content (AvgIpc) is 2.31. The van der Waals surface area contributed by atoms with Crippen molar-refractivity contribution in [1.82, 2.24) is 0 Å². The van der Waals surface area contributed by atoms with Crippen LogP contribution in [0.2, 0.25) is 0 Å². The third kappa shape index (κ3) is 2.66. The van der Waals surface area contributed by atoms with Gasteiger partial charge < -0.3 is 4.79 Å². The summed E-state index contributed by atoms with van der Waals surface area (Å²) in [6, 6.07) is 0. The minimum atomic E-state index is 0.170. The second-order valence-electron chi connectivity index (χ2n) is 2.89. The summed E-state index contributed by atoms with van der Waals surface area (Å²) < 4.78 is 0. The molecule has 0 aromatic heterocycles. The Hall–Kier alpha value is -0.310. The van der Waals surface area contributed by atoms with Crippen LogP contribution >= 0.6 is 11.8 Å². The SMILES string of the molecule is CC(=O)CCC1CCSC1=O. The zero-order valence-electron chi connectivity index (χ0n) is 6.63. The lowest BCUT2D eigenvalue weighted by molar-refractivity contribution is -0.117. The maximum atomic E-state index is 11.0. The van der Waals surface area contributed by atoms with Crippen molar-refractivity contribution in [1.29, 1.82) is 0 Å². The summed E-state index contributed by atoms with van der Waals surface area (Å²) in [4.78, 5) is 21.6. The van der Waals surface area contributed by atoms with Crippen LogP contribution < -0.4 is 0 Å². The fourth-order valence-electron chi connectivity index (χ4n) is 1.18. The van der Waals surface area contributed by atoms with Gasteiger partial charge in [-0.15, -0.1) is 0 Å². The van der Waals surface area contributed by atoms with Crippen LogP contribution in [-0.4, -0.2) is 16.7 Å². The van der Waals surface area contributed by atoms with Crippen molar-refractivity contribution < 1.29 is 9.59 Å². The number of carbonyl (C=O) groups excluding carboxylic acids is 2. The first-order valence-electron chi connectivity index (χ1n) is 3.86. The molecule has 0 bridgehead atoms. The summed E-state index contributed by atoms with van der Waals surface area (Å²) >= 11 is 1.41. The van der Waals surface area contributed by atoms with Crippen LogP contribution in [-0.2, 0) is 9.59 Å². The molecule has 1 unspecified atom stereocenters. The third-order valence-electron chi connectivity index (χ3n) is 1.89. The van der Waals surface area contributed by atoms with Crippen LogP contribution in [0.3, 0.4) is 0 Å². The molecule has 1 aliphatic rings. The van der Waals surface area contributed by atoms with Crippen molar-refractivity contribution in [3.63, 3.8) is 0 Å². The van der Waals surface area contributed by atoms with Crippen LogP contribution in [0, 0.1) is 5.92 Å². The average molecular weight is 172 g/mol. The van der Waals surface area contributed by atoms with Crippen LogP contribution in [0.25, 0.3) is 0 Å². The largest absolute Gasteiger partial charge is 0.300 e. The van der Waals surface area contributed by atoms with Crippen LogP contribution in [0.5, 0.6) is 0 Å². The molecule has 0 aliphatic carbocycles. The summed E-state index contributed by atoms with van der Waals surface area (Å²) in [5.74, 6) is 1.31. The molecular formula is C8H12O2S. The lowest BCUT2D eigenvalue weighted by Gasteiger charge is -2.02. The molecule has 1 atom stereocenters. The molecule has 2 nitrogen and oxygen atoms in total. The third-order valence-corrected chi connectivity index (χ3v) is 2.95. The summed E-state index contributed by atoms with van der Waals surface area (Å²) in [5, 5.41) is 0.284. The summed E-state index contributed by atoms with van der Waals surface area (Å²) in [5.41, 5.74) is 0. The van der Waals surface area contributed by atoms with Gasteiger partial charge in [0.1, 0.15) is 5.78 Å². The fraction of sp³-hybridized carbons (Fsp3) is 0.750. The number of hydrogen-bond acceptors (Lipinski definition) is 3. The highest BCUT2D eigenvalue weighted by Crippen LogP contribution is 2.28. The van der Waals surface area contributed by atoms with Gasteiger partial charge in [-0.25, -0.2) is 0 Å². The smallest absolute Gasteiger partial charge is 0.192 e. The highest BCUT2D eigenvalue weighted by Gasteiger charge is 2.24. The minimum Gasteiger partial charge on any atom is -0.300 e. The normalized spacial score (nSPS) is 24.1. The second-order valence-corrected chi connectivity index (χ2v) is 3.99. The van der Waals surface area contributed by atoms with E-state index in [1.165, 1.54) is 11.8 Å². The lowest BCUT2D eigenvalue weighted by atomic mass is 10.0. The van der Waals surface area contributed by atoms with Crippen LogP contribution in [0.15, 0.2) is 0 Å². The zero-order valence-corrected chi connectivity index (χ0v) is 7.45. The second kappa shape index (κ2) is 3.90. The van der Waals surface area contributed by atoms with E-state index in [1.807, 2.05) is 0 Å². The van der Waals surface area contributed by atoms with E-state index in [2.05, 4.69) is 0 Å². The van der Waals surface area contributed by atoms with Crippen LogP contribution in [0.1, 0.15) is 26.2 Å². The molecule has 1 aliphatic heterocycles. The molecule has 0 spiro atoms. The molecule has 1 rings (SSSR count). The summed E-state index contributed by atoms with van der Waals surface area (Å²) in [6.45, 7) is 1.58. The van der Waals surface area contributed by atoms with E-state index >= 15 is 0 Å². The van der Waals surface area contributed by atoms with E-state index in [0.29, 0.717) is 6.42 Å². The van der Waals surface area contributed by atoms with E-state index in [1.54, 1.807) is 6.92 Å². The topological polar surface area (TPSA) is 34.1 Å². The van der Waals surface area contributed by atoms with Crippen LogP contribution in [0.4, 0.5) is 0 Å². The summed E-state index contributed by atoms with van der Waals surface area (Å²) in [6.07, 6.45) is 2.30. The monoisotopic (exact) mass is 172 g/mol. The molecule has 62 valence electrons. The molecule has 1 fully saturated rings. The van der Waals surface area contributed by atoms with E-state index in [0.717, 1.165) is 18.6 Å². The van der Waals surface area contributed by atoms with Gasteiger partial charge in [0.15, 0.2) is 5.12 Å². The van der Waals surface area contributed by atoms with Gasteiger partial charge in [-0.3, -0.25) is 4.79 Å². The van der Waals surface area contributed by atoms with Crippen molar-refractivity contribution in [3.8, 4) is 0 Å². The van der Waals surface area contributed by atoms with Gasteiger partial charge in [-0.05, 0) is 19.8 Å². The molecule has 0 aromatic rings. The van der Waals surface area contributed by atoms with E-state index in [-0.39, 0.29) is 16.8 Å². The maximum absolute atomic E-state index is 11.0. The van der Waals surface area contributed by atoms with Gasteiger partial charge in [0, 0.05) is 18.1 Å². The molecule has 0 N–H and O–H groups in total. The van der Waals surface area contributed by atoms with Gasteiger partial charge >= 0.3 is 0 Å². The molecule has 1 heterocycles. The number of carbonyl (C=O) groups is 2. The van der Waals surface area contributed by atoms with Crippen molar-refractivity contribution >= 4 is 22.7 Å². The van der Waals surface area contributed by atoms with E-state index in [9.17, 15) is 9.59 Å². The Labute approximate surface area is 70.7 Å². The van der Waals surface area contributed by atoms with E-state index in [4.69, 9.17) is 0 Å². The Balaban J connectivity index is 2.26. The summed E-state index contributed by atoms with van der Waals surface area (Å²) in [7, 11) is 0. The van der Waals surface area contributed by atoms with Gasteiger partial charge in [-0.1, -0.05) is 11.8 Å². The maximum Gasteiger partial charge on any atom is 0.192 e. The molecule has 11 heavy (non-hydrogen) atoms. The molecule has 0 aromatic carbocycles. The number of Topliss-reactive ketones (excluding diaryl/α,β-unsaturated/α-hetero) is 1. The molecule has 0 amide bonds. The first-order valence-corrected chi connectivity index (χ1v) is 4.85. The van der Waals surface area contributed by atoms with Crippen molar-refractivity contribution in [2.75, 3.05) is 5.75 Å². The predicted octanol–water partition coefficient (Wildman–Crippen LogP) is 1.64. The molecule has 1 saturated heterocycles. The van der Waals surface area contributed by atoms with Gasteiger partial charge in [0.25, 0.3) is 0 Å². The Morgan fingerprint density at radius 1 is 1.73 bits per heavy atom. The van der Waals surface area contributed by atoms with Gasteiger partial charge in [0.05, 0.1) is 0 Å². The number of hydrogen-bond donors (Lipinski definition) is 0. The Morgan fingerprint density at radius 2 is 2.45 bits per heavy atom. The fourth-order valence-corrected chi connectivity index (χ4v) is 2.25. The lowest BCUT2D eigenvalue weighted by Crippen LogP contribution is -2.06. The Bertz CT molecular complexity index is 177. The van der Waals surface area contributed by atoms with Crippen molar-refractivity contribution in [2.24, 2.45) is 5.92 Å². The minimum absolute atomic E-state index is 0.170.